The lowest BCUT2D eigenvalue weighted by molar-refractivity contribution is 0.387. The number of piperidine rings is 1. The first-order valence-electron chi connectivity index (χ1n) is 6.78. The summed E-state index contributed by atoms with van der Waals surface area (Å²) in [6, 6.07) is 3.05. The van der Waals surface area contributed by atoms with E-state index in [9.17, 15) is 0 Å². The van der Waals surface area contributed by atoms with Crippen LogP contribution in [-0.2, 0) is 0 Å². The molecule has 1 fully saturated rings. The summed E-state index contributed by atoms with van der Waals surface area (Å²) in [5.41, 5.74) is 0. The van der Waals surface area contributed by atoms with Crippen LogP contribution in [-0.4, -0.2) is 46.3 Å². The topological polar surface area (TPSA) is 71.2 Å². The molecule has 0 unspecified atom stereocenters. The molecule has 1 saturated heterocycles. The van der Waals surface area contributed by atoms with Gasteiger partial charge in [-0.2, -0.15) is 4.98 Å². The van der Waals surface area contributed by atoms with Gasteiger partial charge in [0.05, 0.1) is 0 Å². The van der Waals surface area contributed by atoms with E-state index in [0.29, 0.717) is 17.9 Å². The van der Waals surface area contributed by atoms with Gasteiger partial charge in [-0.3, -0.25) is 0 Å². The van der Waals surface area contributed by atoms with Gasteiger partial charge < -0.3 is 14.3 Å². The van der Waals surface area contributed by atoms with Crippen molar-refractivity contribution in [2.75, 3.05) is 29.9 Å². The second-order valence-corrected chi connectivity index (χ2v) is 5.02. The molecule has 3 heterocycles. The number of hydrogen-bond donors (Lipinski definition) is 0. The number of aromatic nitrogens is 4. The Kier molecular flexibility index (Phi) is 3.49. The van der Waals surface area contributed by atoms with Crippen molar-refractivity contribution in [3.63, 3.8) is 0 Å². The molecule has 0 spiro atoms. The fourth-order valence-corrected chi connectivity index (χ4v) is 2.54. The van der Waals surface area contributed by atoms with Gasteiger partial charge in [0, 0.05) is 32.4 Å². The third-order valence-electron chi connectivity index (χ3n) is 3.73. The van der Waals surface area contributed by atoms with Crippen LogP contribution in [0.2, 0.25) is 0 Å². The molecular formula is C13H18N6O. The molecule has 2 aromatic rings. The van der Waals surface area contributed by atoms with Crippen LogP contribution in [0.3, 0.4) is 0 Å². The molecule has 1 aliphatic rings. The number of nitrogens with zero attached hydrogens (tertiary/aromatic N) is 6. The lowest BCUT2D eigenvalue weighted by atomic mass is 10.0. The summed E-state index contributed by atoms with van der Waals surface area (Å²) >= 11 is 0. The maximum Gasteiger partial charge on any atom is 0.324 e. The maximum atomic E-state index is 5.21. The second kappa shape index (κ2) is 5.44. The van der Waals surface area contributed by atoms with Crippen molar-refractivity contribution < 1.29 is 4.52 Å². The molecular weight excluding hydrogens is 256 g/mol. The zero-order valence-corrected chi connectivity index (χ0v) is 11.7. The average Bonchev–Trinajstić information content (AvgIpc) is 2.94. The van der Waals surface area contributed by atoms with Crippen molar-refractivity contribution in [3.05, 3.63) is 24.4 Å². The first kappa shape index (κ1) is 12.8. The van der Waals surface area contributed by atoms with Gasteiger partial charge in [-0.1, -0.05) is 5.16 Å². The Morgan fingerprint density at radius 1 is 1.35 bits per heavy atom. The summed E-state index contributed by atoms with van der Waals surface area (Å²) in [4.78, 5) is 16.9. The van der Waals surface area contributed by atoms with E-state index in [1.807, 2.05) is 13.0 Å². The third-order valence-corrected chi connectivity index (χ3v) is 3.73. The lowest BCUT2D eigenvalue weighted by Crippen LogP contribution is -2.44. The fraction of sp³-hybridized carbons (Fsp3) is 0.538. The molecule has 2 aromatic heterocycles. The van der Waals surface area contributed by atoms with E-state index >= 15 is 0 Å². The van der Waals surface area contributed by atoms with Crippen molar-refractivity contribution in [1.29, 1.82) is 0 Å². The minimum absolute atomic E-state index is 0.477. The predicted molar refractivity (Wildman–Crippen MR) is 74.7 cm³/mol. The Labute approximate surface area is 117 Å². The average molecular weight is 274 g/mol. The fourth-order valence-electron chi connectivity index (χ4n) is 2.54. The van der Waals surface area contributed by atoms with E-state index in [2.05, 4.69) is 37.0 Å². The van der Waals surface area contributed by atoms with Crippen LogP contribution in [0, 0.1) is 6.92 Å². The van der Waals surface area contributed by atoms with Crippen LogP contribution in [0.4, 0.5) is 11.8 Å². The smallest absolute Gasteiger partial charge is 0.324 e. The van der Waals surface area contributed by atoms with Gasteiger partial charge in [0.2, 0.25) is 0 Å². The summed E-state index contributed by atoms with van der Waals surface area (Å²) in [5.74, 6) is 1.65. The Morgan fingerprint density at radius 2 is 2.15 bits per heavy atom. The van der Waals surface area contributed by atoms with Crippen molar-refractivity contribution in [2.24, 2.45) is 0 Å². The highest BCUT2D eigenvalue weighted by atomic mass is 16.5. The zero-order chi connectivity index (χ0) is 13.9. The largest absolute Gasteiger partial charge is 0.356 e. The molecule has 106 valence electrons. The minimum atomic E-state index is 0.477. The summed E-state index contributed by atoms with van der Waals surface area (Å²) in [7, 11) is 2.08. The summed E-state index contributed by atoms with van der Waals surface area (Å²) < 4.78 is 5.21. The normalized spacial score (nSPS) is 16.4. The first-order valence-corrected chi connectivity index (χ1v) is 6.78. The molecule has 1 aliphatic heterocycles. The van der Waals surface area contributed by atoms with Crippen LogP contribution in [0.5, 0.6) is 0 Å². The Balaban J connectivity index is 1.61. The van der Waals surface area contributed by atoms with Crippen molar-refractivity contribution >= 4 is 11.8 Å². The van der Waals surface area contributed by atoms with Gasteiger partial charge in [0.1, 0.15) is 12.1 Å². The molecule has 0 aromatic carbocycles. The third kappa shape index (κ3) is 2.56. The van der Waals surface area contributed by atoms with Crippen molar-refractivity contribution in [3.8, 4) is 0 Å². The molecule has 0 bridgehead atoms. The first-order chi connectivity index (χ1) is 9.74. The number of aryl methyl sites for hydroxylation is 1. The van der Waals surface area contributed by atoms with Gasteiger partial charge in [0.25, 0.3) is 0 Å². The molecule has 7 heteroatoms. The van der Waals surface area contributed by atoms with E-state index in [-0.39, 0.29) is 0 Å². The molecule has 7 nitrogen and oxygen atoms in total. The van der Waals surface area contributed by atoms with Crippen LogP contribution >= 0.6 is 0 Å². The summed E-state index contributed by atoms with van der Waals surface area (Å²) in [6.45, 7) is 3.67. The van der Waals surface area contributed by atoms with Gasteiger partial charge >= 0.3 is 6.01 Å². The SMILES string of the molecule is Cc1noc(N2CCC(N(C)c3ccncn3)CC2)n1. The molecule has 0 N–H and O–H groups in total. The van der Waals surface area contributed by atoms with Gasteiger partial charge in [-0.15, -0.1) is 0 Å². The maximum absolute atomic E-state index is 5.21. The van der Waals surface area contributed by atoms with Crippen molar-refractivity contribution in [1.82, 2.24) is 20.1 Å². The van der Waals surface area contributed by atoms with E-state index < -0.39 is 0 Å². The lowest BCUT2D eigenvalue weighted by Gasteiger charge is -2.36. The predicted octanol–water partition coefficient (Wildman–Crippen LogP) is 1.27. The van der Waals surface area contributed by atoms with E-state index in [0.717, 1.165) is 31.7 Å². The van der Waals surface area contributed by atoms with Crippen LogP contribution in [0.1, 0.15) is 18.7 Å². The second-order valence-electron chi connectivity index (χ2n) is 5.02. The van der Waals surface area contributed by atoms with Crippen LogP contribution in [0.15, 0.2) is 23.1 Å². The van der Waals surface area contributed by atoms with E-state index in [1.165, 1.54) is 0 Å². The summed E-state index contributed by atoms with van der Waals surface area (Å²) in [5, 5.41) is 3.84. The van der Waals surface area contributed by atoms with Crippen LogP contribution in [0.25, 0.3) is 0 Å². The van der Waals surface area contributed by atoms with E-state index in [4.69, 9.17) is 4.52 Å². The highest BCUT2D eigenvalue weighted by molar-refractivity contribution is 5.38. The Morgan fingerprint density at radius 3 is 2.75 bits per heavy atom. The van der Waals surface area contributed by atoms with Gasteiger partial charge in [-0.05, 0) is 25.8 Å². The van der Waals surface area contributed by atoms with Gasteiger partial charge in [0.15, 0.2) is 5.82 Å². The molecule has 0 atom stereocenters. The molecule has 0 radical (unpaired) electrons. The summed E-state index contributed by atoms with van der Waals surface area (Å²) in [6.07, 6.45) is 5.45. The zero-order valence-electron chi connectivity index (χ0n) is 11.7. The Hall–Kier alpha value is -2.18. The minimum Gasteiger partial charge on any atom is -0.356 e. The highest BCUT2D eigenvalue weighted by Gasteiger charge is 2.25. The molecule has 0 amide bonds. The molecule has 3 rings (SSSR count). The molecule has 0 aliphatic carbocycles. The van der Waals surface area contributed by atoms with Crippen molar-refractivity contribution in [2.45, 2.75) is 25.8 Å². The number of rotatable bonds is 3. The number of anilines is 2. The monoisotopic (exact) mass is 274 g/mol. The van der Waals surface area contributed by atoms with E-state index in [1.54, 1.807) is 12.5 Å². The quantitative estimate of drug-likeness (QED) is 0.834. The highest BCUT2D eigenvalue weighted by Crippen LogP contribution is 2.22. The van der Waals surface area contributed by atoms with Crippen LogP contribution < -0.4 is 9.80 Å². The van der Waals surface area contributed by atoms with Gasteiger partial charge in [-0.25, -0.2) is 9.97 Å². The molecule has 20 heavy (non-hydrogen) atoms. The number of hydrogen-bond acceptors (Lipinski definition) is 7. The standard InChI is InChI=1S/C13H18N6O/c1-10-16-13(20-17-10)19-7-4-11(5-8-19)18(2)12-3-6-14-9-15-12/h3,6,9,11H,4-5,7-8H2,1-2H3. The molecule has 0 saturated carbocycles. The Bertz CT molecular complexity index is 549.